The molecule has 0 saturated carbocycles. The van der Waals surface area contributed by atoms with Crippen LogP contribution in [0.3, 0.4) is 0 Å². The second kappa shape index (κ2) is 5.35. The van der Waals surface area contributed by atoms with Gasteiger partial charge in [0, 0.05) is 5.56 Å². The normalized spacial score (nSPS) is 12.0. The lowest BCUT2D eigenvalue weighted by atomic mass is 10.2. The third-order valence-corrected chi connectivity index (χ3v) is 2.39. The van der Waals surface area contributed by atoms with Gasteiger partial charge in [0.15, 0.2) is 0 Å². The Morgan fingerprint density at radius 3 is 2.71 bits per heavy atom. The molecule has 0 aliphatic carbocycles. The third-order valence-electron chi connectivity index (χ3n) is 2.39. The molecule has 0 unspecified atom stereocenters. The summed E-state index contributed by atoms with van der Waals surface area (Å²) in [7, 11) is 0. The van der Waals surface area contributed by atoms with Crippen LogP contribution in [0.5, 0.6) is 11.5 Å². The van der Waals surface area contributed by atoms with Crippen molar-refractivity contribution in [3.8, 4) is 11.5 Å². The molecule has 0 fully saturated rings. The summed E-state index contributed by atoms with van der Waals surface area (Å²) in [6.45, 7) is 1.71. The topological polar surface area (TPSA) is 85.7 Å². The number of nitrogens with two attached hydrogens (primary N) is 1. The van der Waals surface area contributed by atoms with Gasteiger partial charge in [0.2, 0.25) is 5.95 Å². The van der Waals surface area contributed by atoms with Crippen molar-refractivity contribution < 1.29 is 23.0 Å². The first kappa shape index (κ1) is 14.7. The molecule has 0 radical (unpaired) electrons. The second-order valence-electron chi connectivity index (χ2n) is 4.10. The van der Waals surface area contributed by atoms with Crippen molar-refractivity contribution in [2.24, 2.45) is 5.10 Å². The summed E-state index contributed by atoms with van der Waals surface area (Å²) >= 11 is 0. The van der Waals surface area contributed by atoms with Crippen molar-refractivity contribution in [1.29, 1.82) is 0 Å². The van der Waals surface area contributed by atoms with E-state index in [0.717, 1.165) is 24.4 Å². The summed E-state index contributed by atoms with van der Waals surface area (Å²) < 4.78 is 41.4. The number of hydrogen-bond acceptors (Lipinski definition) is 5. The van der Waals surface area contributed by atoms with Crippen LogP contribution in [0.1, 0.15) is 11.3 Å². The summed E-state index contributed by atoms with van der Waals surface area (Å²) in [5, 5.41) is 13.5. The van der Waals surface area contributed by atoms with Crippen LogP contribution in [0.2, 0.25) is 0 Å². The molecule has 0 amide bonds. The molecule has 0 bridgehead atoms. The van der Waals surface area contributed by atoms with Crippen molar-refractivity contribution in [3.05, 3.63) is 35.7 Å². The molecule has 2 aromatic rings. The lowest BCUT2D eigenvalue weighted by Crippen LogP contribution is -2.17. The molecule has 0 atom stereocenters. The van der Waals surface area contributed by atoms with Gasteiger partial charge in [0.1, 0.15) is 11.5 Å². The van der Waals surface area contributed by atoms with E-state index in [9.17, 15) is 18.3 Å². The number of aryl methyl sites for hydroxylation is 1. The monoisotopic (exact) mass is 300 g/mol. The van der Waals surface area contributed by atoms with Gasteiger partial charge >= 0.3 is 6.36 Å². The molecule has 6 nitrogen and oxygen atoms in total. The number of anilines is 1. The van der Waals surface area contributed by atoms with Crippen molar-refractivity contribution in [3.63, 3.8) is 0 Å². The SMILES string of the molecule is Cc1cn(N=Cc2cc(OC(F)(F)F)ccc2O)c(N)n1. The molecule has 21 heavy (non-hydrogen) atoms. The first-order valence-electron chi connectivity index (χ1n) is 5.69. The number of hydrogen-bond donors (Lipinski definition) is 2. The number of aromatic nitrogens is 2. The minimum absolute atomic E-state index is 0.0440. The van der Waals surface area contributed by atoms with Crippen LogP contribution in [-0.2, 0) is 0 Å². The minimum Gasteiger partial charge on any atom is -0.507 e. The second-order valence-corrected chi connectivity index (χ2v) is 4.10. The van der Waals surface area contributed by atoms with E-state index in [1.807, 2.05) is 0 Å². The first-order chi connectivity index (χ1) is 9.74. The van der Waals surface area contributed by atoms with E-state index in [-0.39, 0.29) is 17.3 Å². The highest BCUT2D eigenvalue weighted by atomic mass is 19.4. The number of rotatable bonds is 3. The Hall–Kier alpha value is -2.71. The molecular weight excluding hydrogens is 289 g/mol. The Morgan fingerprint density at radius 1 is 1.43 bits per heavy atom. The average Bonchev–Trinajstić information content (AvgIpc) is 2.67. The summed E-state index contributed by atoms with van der Waals surface area (Å²) in [6, 6.07) is 3.08. The van der Waals surface area contributed by atoms with Gasteiger partial charge in [0.05, 0.1) is 18.1 Å². The number of ether oxygens (including phenoxy) is 1. The van der Waals surface area contributed by atoms with Crippen LogP contribution in [0.25, 0.3) is 0 Å². The molecular formula is C12H11F3N4O2. The number of nitrogens with zero attached hydrogens (tertiary/aromatic N) is 3. The van der Waals surface area contributed by atoms with E-state index in [4.69, 9.17) is 5.73 Å². The Labute approximate surface area is 117 Å². The first-order valence-corrected chi connectivity index (χ1v) is 5.69. The molecule has 0 saturated heterocycles. The van der Waals surface area contributed by atoms with Gasteiger partial charge < -0.3 is 15.6 Å². The number of phenolic OH excluding ortho intramolecular Hbond substituents is 1. The van der Waals surface area contributed by atoms with E-state index in [1.165, 1.54) is 10.9 Å². The van der Waals surface area contributed by atoms with Gasteiger partial charge in [-0.05, 0) is 25.1 Å². The number of halogens is 3. The van der Waals surface area contributed by atoms with Crippen LogP contribution in [0, 0.1) is 6.92 Å². The smallest absolute Gasteiger partial charge is 0.507 e. The Balaban J connectivity index is 2.27. The van der Waals surface area contributed by atoms with E-state index < -0.39 is 12.1 Å². The van der Waals surface area contributed by atoms with Crippen LogP contribution in [-0.4, -0.2) is 27.3 Å². The van der Waals surface area contributed by atoms with Crippen molar-refractivity contribution in [2.45, 2.75) is 13.3 Å². The number of phenols is 1. The molecule has 1 heterocycles. The van der Waals surface area contributed by atoms with Gasteiger partial charge in [-0.1, -0.05) is 0 Å². The molecule has 3 N–H and O–H groups in total. The predicted molar refractivity (Wildman–Crippen MR) is 69.2 cm³/mol. The van der Waals surface area contributed by atoms with Gasteiger partial charge in [-0.15, -0.1) is 13.2 Å². The quantitative estimate of drug-likeness (QED) is 0.851. The number of aromatic hydroxyl groups is 1. The molecule has 9 heteroatoms. The zero-order chi connectivity index (χ0) is 15.6. The van der Waals surface area contributed by atoms with E-state index >= 15 is 0 Å². The maximum atomic E-state index is 12.1. The van der Waals surface area contributed by atoms with E-state index in [2.05, 4.69) is 14.8 Å². The van der Waals surface area contributed by atoms with Gasteiger partial charge in [-0.25, -0.2) is 9.66 Å². The fraction of sp³-hybridized carbons (Fsp3) is 0.167. The van der Waals surface area contributed by atoms with Crippen LogP contribution in [0.15, 0.2) is 29.5 Å². The number of alkyl halides is 3. The van der Waals surface area contributed by atoms with Crippen molar-refractivity contribution >= 4 is 12.2 Å². The summed E-state index contributed by atoms with van der Waals surface area (Å²) in [4.78, 5) is 3.90. The molecule has 112 valence electrons. The maximum Gasteiger partial charge on any atom is 0.573 e. The fourth-order valence-electron chi connectivity index (χ4n) is 1.55. The number of nitrogen functional groups attached to an aromatic ring is 1. The third kappa shape index (κ3) is 3.88. The number of imidazole rings is 1. The van der Waals surface area contributed by atoms with Gasteiger partial charge in [0.25, 0.3) is 0 Å². The molecule has 0 aliphatic heterocycles. The van der Waals surface area contributed by atoms with E-state index in [0.29, 0.717) is 5.69 Å². The van der Waals surface area contributed by atoms with Crippen LogP contribution < -0.4 is 10.5 Å². The van der Waals surface area contributed by atoms with Crippen molar-refractivity contribution in [1.82, 2.24) is 9.66 Å². The van der Waals surface area contributed by atoms with Gasteiger partial charge in [-0.3, -0.25) is 0 Å². The molecule has 2 rings (SSSR count). The summed E-state index contributed by atoms with van der Waals surface area (Å²) in [5.74, 6) is -0.592. The minimum atomic E-state index is -4.81. The fourth-order valence-corrected chi connectivity index (χ4v) is 1.55. The Bertz CT molecular complexity index is 680. The van der Waals surface area contributed by atoms with Gasteiger partial charge in [-0.2, -0.15) is 5.10 Å². The standard InChI is InChI=1S/C12H11F3N4O2/c1-7-6-19(11(16)18-7)17-5-8-4-9(2-3-10(8)20)21-12(13,14)15/h2-6,20H,1H3,(H2,16,18). The molecule has 1 aromatic carbocycles. The molecule has 1 aromatic heterocycles. The highest BCUT2D eigenvalue weighted by molar-refractivity contribution is 5.84. The lowest BCUT2D eigenvalue weighted by Gasteiger charge is -2.09. The lowest BCUT2D eigenvalue weighted by molar-refractivity contribution is -0.274. The average molecular weight is 300 g/mol. The van der Waals surface area contributed by atoms with Crippen LogP contribution >= 0.6 is 0 Å². The zero-order valence-corrected chi connectivity index (χ0v) is 10.8. The predicted octanol–water partition coefficient (Wildman–Crippen LogP) is 2.26. The largest absolute Gasteiger partial charge is 0.573 e. The maximum absolute atomic E-state index is 12.1. The highest BCUT2D eigenvalue weighted by Crippen LogP contribution is 2.27. The van der Waals surface area contributed by atoms with E-state index in [1.54, 1.807) is 6.92 Å². The zero-order valence-electron chi connectivity index (χ0n) is 10.8. The summed E-state index contributed by atoms with van der Waals surface area (Å²) in [6.07, 6.45) is -2.13. The Morgan fingerprint density at radius 2 is 2.14 bits per heavy atom. The highest BCUT2D eigenvalue weighted by Gasteiger charge is 2.31. The molecule has 0 aliphatic rings. The number of benzene rings is 1. The Kier molecular flexibility index (Phi) is 3.74. The molecule has 0 spiro atoms. The van der Waals surface area contributed by atoms with Crippen LogP contribution in [0.4, 0.5) is 19.1 Å². The van der Waals surface area contributed by atoms with Crippen molar-refractivity contribution in [2.75, 3.05) is 5.73 Å². The summed E-state index contributed by atoms with van der Waals surface area (Å²) in [5.41, 5.74) is 6.23.